The van der Waals surface area contributed by atoms with Gasteiger partial charge in [0.15, 0.2) is 0 Å². The summed E-state index contributed by atoms with van der Waals surface area (Å²) in [6.45, 7) is 0. The molecule has 0 fully saturated rings. The lowest BCUT2D eigenvalue weighted by molar-refractivity contribution is 1.34. The largest absolute Gasteiger partial charge is 0.254 e. The number of fused-ring (bicyclic) bond motifs is 3. The average molecular weight is 294 g/mol. The highest BCUT2D eigenvalue weighted by Gasteiger charge is 2.06. The van der Waals surface area contributed by atoms with Gasteiger partial charge in [-0.05, 0) is 28.1 Å². The number of hydrogen-bond acceptors (Lipinski definition) is 2. The van der Waals surface area contributed by atoms with Gasteiger partial charge in [0.05, 0.1) is 16.1 Å². The first kappa shape index (κ1) is 10.00. The van der Waals surface area contributed by atoms with Crippen LogP contribution in [-0.2, 0) is 0 Å². The Morgan fingerprint density at radius 3 is 2.75 bits per heavy atom. The smallest absolute Gasteiger partial charge is 0.125 e. The molecule has 0 unspecified atom stereocenters. The van der Waals surface area contributed by atoms with E-state index in [1.54, 1.807) is 6.20 Å². The molecule has 0 radical (unpaired) electrons. The van der Waals surface area contributed by atoms with E-state index in [1.807, 2.05) is 30.3 Å². The van der Waals surface area contributed by atoms with Crippen LogP contribution in [0.1, 0.15) is 0 Å². The molecule has 0 saturated heterocycles. The minimum absolute atomic E-state index is 0.614. The monoisotopic (exact) mass is 292 g/mol. The molecule has 0 aliphatic carbocycles. The van der Waals surface area contributed by atoms with Gasteiger partial charge in [-0.1, -0.05) is 29.8 Å². The van der Waals surface area contributed by atoms with Crippen LogP contribution in [0.3, 0.4) is 0 Å². The lowest BCUT2D eigenvalue weighted by Gasteiger charge is -2.03. The molecule has 0 aliphatic rings. The summed E-state index contributed by atoms with van der Waals surface area (Å²) in [5, 5.41) is 2.69. The predicted octanol–water partition coefficient (Wildman–Crippen LogP) is 4.20. The highest BCUT2D eigenvalue weighted by Crippen LogP contribution is 2.28. The van der Waals surface area contributed by atoms with Crippen LogP contribution in [-0.4, -0.2) is 9.97 Å². The first-order valence-electron chi connectivity index (χ1n) is 4.75. The molecule has 0 saturated carbocycles. The predicted molar refractivity (Wildman–Crippen MR) is 69.8 cm³/mol. The van der Waals surface area contributed by atoms with Crippen LogP contribution in [0.2, 0.25) is 5.02 Å². The number of rotatable bonds is 0. The maximum Gasteiger partial charge on any atom is 0.125 e. The second kappa shape index (κ2) is 3.68. The molecule has 16 heavy (non-hydrogen) atoms. The van der Waals surface area contributed by atoms with Gasteiger partial charge in [0, 0.05) is 17.0 Å². The van der Waals surface area contributed by atoms with Crippen molar-refractivity contribution in [3.05, 3.63) is 46.2 Å². The molecule has 2 aromatic heterocycles. The van der Waals surface area contributed by atoms with E-state index >= 15 is 0 Å². The molecule has 3 aromatic rings. The Balaban J connectivity index is 2.55. The molecule has 0 bridgehead atoms. The van der Waals surface area contributed by atoms with E-state index in [2.05, 4.69) is 25.9 Å². The first-order chi connectivity index (χ1) is 7.75. The fraction of sp³-hybridized carbons (Fsp3) is 0. The van der Waals surface area contributed by atoms with Gasteiger partial charge < -0.3 is 0 Å². The third-order valence-corrected chi connectivity index (χ3v) is 3.59. The number of pyridine rings is 2. The van der Waals surface area contributed by atoms with Crippen molar-refractivity contribution in [2.45, 2.75) is 0 Å². The number of hydrogen-bond donors (Lipinski definition) is 0. The summed E-state index contributed by atoms with van der Waals surface area (Å²) >= 11 is 9.34. The van der Waals surface area contributed by atoms with Crippen LogP contribution in [0, 0.1) is 0 Å². The van der Waals surface area contributed by atoms with Gasteiger partial charge in [-0.25, -0.2) is 4.98 Å². The van der Waals surface area contributed by atoms with E-state index in [0.29, 0.717) is 9.63 Å². The normalized spacial score (nSPS) is 11.1. The van der Waals surface area contributed by atoms with Gasteiger partial charge in [-0.15, -0.1) is 0 Å². The number of aromatic nitrogens is 2. The van der Waals surface area contributed by atoms with Gasteiger partial charge >= 0.3 is 0 Å². The van der Waals surface area contributed by atoms with Crippen LogP contribution < -0.4 is 0 Å². The van der Waals surface area contributed by atoms with E-state index < -0.39 is 0 Å². The summed E-state index contributed by atoms with van der Waals surface area (Å²) in [5.74, 6) is 0. The van der Waals surface area contributed by atoms with Crippen LogP contribution >= 0.6 is 27.5 Å². The maximum atomic E-state index is 6.01. The van der Waals surface area contributed by atoms with E-state index in [-0.39, 0.29) is 0 Å². The summed E-state index contributed by atoms with van der Waals surface area (Å²) < 4.78 is 0.653. The first-order valence-corrected chi connectivity index (χ1v) is 5.92. The SMILES string of the molecule is Clc1cc2ccc3cccnc3c2nc1Br. The van der Waals surface area contributed by atoms with Gasteiger partial charge in [0.1, 0.15) is 4.60 Å². The quantitative estimate of drug-likeness (QED) is 0.458. The molecule has 2 heterocycles. The zero-order valence-corrected chi connectivity index (χ0v) is 10.5. The summed E-state index contributed by atoms with van der Waals surface area (Å²) in [5.41, 5.74) is 1.77. The van der Waals surface area contributed by atoms with E-state index in [4.69, 9.17) is 11.6 Å². The molecular weight excluding hydrogens is 288 g/mol. The Hall–Kier alpha value is -1.19. The summed E-state index contributed by atoms with van der Waals surface area (Å²) in [6, 6.07) is 9.86. The lowest BCUT2D eigenvalue weighted by Crippen LogP contribution is -1.86. The maximum absolute atomic E-state index is 6.01. The number of benzene rings is 1. The van der Waals surface area contributed by atoms with Gasteiger partial charge in [0.25, 0.3) is 0 Å². The molecule has 4 heteroatoms. The van der Waals surface area contributed by atoms with Crippen LogP contribution in [0.15, 0.2) is 41.1 Å². The van der Waals surface area contributed by atoms with Crippen molar-refractivity contribution in [2.75, 3.05) is 0 Å². The van der Waals surface area contributed by atoms with Gasteiger partial charge in [0.2, 0.25) is 0 Å². The van der Waals surface area contributed by atoms with E-state index in [9.17, 15) is 0 Å². The summed E-state index contributed by atoms with van der Waals surface area (Å²) in [6.07, 6.45) is 1.77. The third-order valence-electron chi connectivity index (χ3n) is 2.47. The molecule has 78 valence electrons. The zero-order valence-electron chi connectivity index (χ0n) is 8.11. The highest BCUT2D eigenvalue weighted by atomic mass is 79.9. The van der Waals surface area contributed by atoms with Crippen molar-refractivity contribution in [2.24, 2.45) is 0 Å². The van der Waals surface area contributed by atoms with Crippen molar-refractivity contribution in [1.29, 1.82) is 0 Å². The molecule has 0 atom stereocenters. The Kier molecular flexibility index (Phi) is 2.30. The second-order valence-corrected chi connectivity index (χ2v) is 4.63. The highest BCUT2D eigenvalue weighted by molar-refractivity contribution is 9.10. The topological polar surface area (TPSA) is 25.8 Å². The molecule has 2 nitrogen and oxygen atoms in total. The Morgan fingerprint density at radius 2 is 1.88 bits per heavy atom. The molecule has 3 rings (SSSR count). The number of nitrogens with zero attached hydrogens (tertiary/aromatic N) is 2. The zero-order chi connectivity index (χ0) is 11.1. The fourth-order valence-electron chi connectivity index (χ4n) is 1.73. The van der Waals surface area contributed by atoms with Crippen LogP contribution in [0.5, 0.6) is 0 Å². The Morgan fingerprint density at radius 1 is 1.06 bits per heavy atom. The third kappa shape index (κ3) is 1.47. The summed E-state index contributed by atoms with van der Waals surface area (Å²) in [7, 11) is 0. The van der Waals surface area contributed by atoms with E-state index in [0.717, 1.165) is 21.8 Å². The average Bonchev–Trinajstić information content (AvgIpc) is 2.31. The molecule has 0 spiro atoms. The Labute approximate surface area is 105 Å². The molecule has 1 aromatic carbocycles. The fourth-order valence-corrected chi connectivity index (χ4v) is 2.18. The summed E-state index contributed by atoms with van der Waals surface area (Å²) in [4.78, 5) is 8.78. The van der Waals surface area contributed by atoms with Crippen molar-refractivity contribution in [3.8, 4) is 0 Å². The molecule has 0 N–H and O–H groups in total. The minimum atomic E-state index is 0.614. The second-order valence-electron chi connectivity index (χ2n) is 3.47. The van der Waals surface area contributed by atoms with Crippen LogP contribution in [0.4, 0.5) is 0 Å². The van der Waals surface area contributed by atoms with Crippen molar-refractivity contribution in [1.82, 2.24) is 9.97 Å². The van der Waals surface area contributed by atoms with Crippen molar-refractivity contribution in [3.63, 3.8) is 0 Å². The lowest BCUT2D eigenvalue weighted by atomic mass is 10.1. The van der Waals surface area contributed by atoms with Gasteiger partial charge in [-0.3, -0.25) is 4.98 Å². The Bertz CT molecular complexity index is 697. The minimum Gasteiger partial charge on any atom is -0.254 e. The van der Waals surface area contributed by atoms with Crippen LogP contribution in [0.25, 0.3) is 21.8 Å². The molecule has 0 aliphatic heterocycles. The standard InChI is InChI=1S/C12H6BrClN2/c13-12-9(14)6-8-4-3-7-2-1-5-15-10(7)11(8)16-12/h1-6H. The van der Waals surface area contributed by atoms with Crippen molar-refractivity contribution < 1.29 is 0 Å². The van der Waals surface area contributed by atoms with Gasteiger partial charge in [-0.2, -0.15) is 0 Å². The van der Waals surface area contributed by atoms with Crippen molar-refractivity contribution >= 4 is 49.3 Å². The van der Waals surface area contributed by atoms with E-state index in [1.165, 1.54) is 0 Å². The molecular formula is C12H6BrClN2. The number of halogens is 2. The molecule has 0 amide bonds.